The Balaban J connectivity index is 1.57. The lowest BCUT2D eigenvalue weighted by molar-refractivity contribution is -0.122. The smallest absolute Gasteiger partial charge is 0.343 e. The molecule has 0 N–H and O–H groups in total. The van der Waals surface area contributed by atoms with Gasteiger partial charge in [-0.2, -0.15) is 0 Å². The van der Waals surface area contributed by atoms with Crippen LogP contribution < -0.4 is 9.64 Å². The van der Waals surface area contributed by atoms with Gasteiger partial charge in [-0.25, -0.2) is 4.79 Å². The highest BCUT2D eigenvalue weighted by atomic mass is 35.5. The number of amides is 2. The monoisotopic (exact) mass is 383 g/mol. The first-order valence-electron chi connectivity index (χ1n) is 9.00. The fourth-order valence-corrected chi connectivity index (χ4v) is 3.98. The molecule has 0 unspecified atom stereocenters. The molecule has 2 aliphatic rings. The second-order valence-corrected chi connectivity index (χ2v) is 7.34. The number of imide groups is 1. The van der Waals surface area contributed by atoms with E-state index in [2.05, 4.69) is 0 Å². The summed E-state index contributed by atoms with van der Waals surface area (Å²) in [5.74, 6) is -0.961. The third kappa shape index (κ3) is 3.35. The molecule has 0 aromatic heterocycles. The van der Waals surface area contributed by atoms with Crippen molar-refractivity contribution in [3.8, 4) is 5.75 Å². The summed E-state index contributed by atoms with van der Waals surface area (Å²) < 4.78 is 5.34. The first-order chi connectivity index (χ1) is 13.0. The van der Waals surface area contributed by atoms with Crippen molar-refractivity contribution >= 4 is 35.1 Å². The van der Waals surface area contributed by atoms with E-state index in [0.29, 0.717) is 16.5 Å². The maximum atomic E-state index is 12.7. The van der Waals surface area contributed by atoms with Crippen molar-refractivity contribution in [3.05, 3.63) is 59.1 Å². The second kappa shape index (κ2) is 7.16. The molecule has 2 amide bonds. The Labute approximate surface area is 161 Å². The zero-order chi connectivity index (χ0) is 19.0. The lowest BCUT2D eigenvalue weighted by atomic mass is 9.81. The number of hydrogen-bond acceptors (Lipinski definition) is 4. The zero-order valence-corrected chi connectivity index (χ0v) is 15.3. The molecule has 2 aromatic carbocycles. The largest absolute Gasteiger partial charge is 0.423 e. The van der Waals surface area contributed by atoms with Crippen molar-refractivity contribution < 1.29 is 19.1 Å². The van der Waals surface area contributed by atoms with Crippen LogP contribution in [0, 0.1) is 11.8 Å². The van der Waals surface area contributed by atoms with Crippen LogP contribution >= 0.6 is 11.6 Å². The summed E-state index contributed by atoms with van der Waals surface area (Å²) in [6.07, 6.45) is 3.46. The zero-order valence-electron chi connectivity index (χ0n) is 14.6. The highest BCUT2D eigenvalue weighted by Crippen LogP contribution is 2.40. The van der Waals surface area contributed by atoms with Crippen molar-refractivity contribution in [2.45, 2.75) is 25.7 Å². The SMILES string of the molecule is O=C(Oc1ccc(Cl)cc1)c1cccc(N2C(=O)[C@H]3CCCC[C@@H]3C2=O)c1. The number of benzene rings is 2. The van der Waals surface area contributed by atoms with Gasteiger partial charge < -0.3 is 4.74 Å². The van der Waals surface area contributed by atoms with E-state index in [-0.39, 0.29) is 29.2 Å². The Morgan fingerprint density at radius 3 is 2.22 bits per heavy atom. The minimum atomic E-state index is -0.560. The number of anilines is 1. The van der Waals surface area contributed by atoms with Gasteiger partial charge in [-0.3, -0.25) is 14.5 Å². The summed E-state index contributed by atoms with van der Waals surface area (Å²) in [6, 6.07) is 12.9. The third-order valence-electron chi connectivity index (χ3n) is 5.21. The summed E-state index contributed by atoms with van der Waals surface area (Å²) in [6.45, 7) is 0. The molecule has 2 aromatic rings. The van der Waals surface area contributed by atoms with Crippen LogP contribution in [0.3, 0.4) is 0 Å². The Hall–Kier alpha value is -2.66. The molecule has 6 heteroatoms. The van der Waals surface area contributed by atoms with Gasteiger partial charge in [0, 0.05) is 5.02 Å². The molecule has 2 fully saturated rings. The van der Waals surface area contributed by atoms with E-state index >= 15 is 0 Å². The topological polar surface area (TPSA) is 63.7 Å². The quantitative estimate of drug-likeness (QED) is 0.452. The molecule has 0 spiro atoms. The minimum Gasteiger partial charge on any atom is -0.423 e. The van der Waals surface area contributed by atoms with Crippen LogP contribution in [-0.4, -0.2) is 17.8 Å². The highest BCUT2D eigenvalue weighted by Gasteiger charge is 2.48. The van der Waals surface area contributed by atoms with Crippen molar-refractivity contribution in [2.75, 3.05) is 4.90 Å². The lowest BCUT2D eigenvalue weighted by Crippen LogP contribution is -2.31. The van der Waals surface area contributed by atoms with Crippen LogP contribution in [0.1, 0.15) is 36.0 Å². The van der Waals surface area contributed by atoms with Gasteiger partial charge in [0.15, 0.2) is 0 Å². The maximum absolute atomic E-state index is 12.7. The molecule has 1 saturated heterocycles. The van der Waals surface area contributed by atoms with E-state index in [9.17, 15) is 14.4 Å². The molecule has 1 aliphatic carbocycles. The number of fused-ring (bicyclic) bond motifs is 1. The minimum absolute atomic E-state index is 0.159. The van der Waals surface area contributed by atoms with Crippen molar-refractivity contribution in [1.29, 1.82) is 0 Å². The van der Waals surface area contributed by atoms with E-state index in [4.69, 9.17) is 16.3 Å². The number of esters is 1. The predicted molar refractivity (Wildman–Crippen MR) is 101 cm³/mol. The van der Waals surface area contributed by atoms with Gasteiger partial charge in [-0.15, -0.1) is 0 Å². The normalized spacial score (nSPS) is 21.9. The van der Waals surface area contributed by atoms with Crippen LogP contribution in [0.5, 0.6) is 5.75 Å². The Bertz CT molecular complexity index is 885. The Morgan fingerprint density at radius 2 is 1.59 bits per heavy atom. The number of carbonyl (C=O) groups is 3. The summed E-state index contributed by atoms with van der Waals surface area (Å²) in [5, 5.41) is 0.546. The van der Waals surface area contributed by atoms with Crippen LogP contribution in [0.15, 0.2) is 48.5 Å². The number of hydrogen-bond donors (Lipinski definition) is 0. The van der Waals surface area contributed by atoms with E-state index in [0.717, 1.165) is 25.7 Å². The van der Waals surface area contributed by atoms with E-state index in [1.54, 1.807) is 42.5 Å². The molecule has 138 valence electrons. The van der Waals surface area contributed by atoms with Crippen LogP contribution in [-0.2, 0) is 9.59 Å². The van der Waals surface area contributed by atoms with Gasteiger partial charge >= 0.3 is 5.97 Å². The number of halogens is 1. The van der Waals surface area contributed by atoms with Gasteiger partial charge in [0.1, 0.15) is 5.75 Å². The fourth-order valence-electron chi connectivity index (χ4n) is 3.86. The second-order valence-electron chi connectivity index (χ2n) is 6.90. The highest BCUT2D eigenvalue weighted by molar-refractivity contribution is 6.30. The van der Waals surface area contributed by atoms with Crippen LogP contribution in [0.4, 0.5) is 5.69 Å². The average Bonchev–Trinajstić information content (AvgIpc) is 2.95. The summed E-state index contributed by atoms with van der Waals surface area (Å²) in [4.78, 5) is 39.1. The molecule has 1 saturated carbocycles. The third-order valence-corrected chi connectivity index (χ3v) is 5.46. The molecular weight excluding hydrogens is 366 g/mol. The van der Waals surface area contributed by atoms with Gasteiger partial charge in [0.2, 0.25) is 11.8 Å². The number of carbonyl (C=O) groups excluding carboxylic acids is 3. The summed E-state index contributed by atoms with van der Waals surface area (Å²) >= 11 is 5.83. The number of ether oxygens (including phenoxy) is 1. The average molecular weight is 384 g/mol. The molecule has 0 bridgehead atoms. The van der Waals surface area contributed by atoms with Crippen LogP contribution in [0.2, 0.25) is 5.02 Å². The van der Waals surface area contributed by atoms with Crippen molar-refractivity contribution in [1.82, 2.24) is 0 Å². The predicted octanol–water partition coefficient (Wildman–Crippen LogP) is 4.24. The fraction of sp³-hybridized carbons (Fsp3) is 0.286. The summed E-state index contributed by atoms with van der Waals surface area (Å²) in [5.41, 5.74) is 0.697. The van der Waals surface area contributed by atoms with Gasteiger partial charge in [-0.1, -0.05) is 30.5 Å². The molecule has 1 heterocycles. The maximum Gasteiger partial charge on any atom is 0.343 e. The molecule has 4 rings (SSSR count). The first-order valence-corrected chi connectivity index (χ1v) is 9.38. The summed E-state index contributed by atoms with van der Waals surface area (Å²) in [7, 11) is 0. The van der Waals surface area contributed by atoms with E-state index in [1.807, 2.05) is 0 Å². The van der Waals surface area contributed by atoms with E-state index in [1.165, 1.54) is 11.0 Å². The molecule has 5 nitrogen and oxygen atoms in total. The van der Waals surface area contributed by atoms with Gasteiger partial charge in [0.25, 0.3) is 0 Å². The molecule has 0 radical (unpaired) electrons. The standard InChI is InChI=1S/C21H18ClNO4/c22-14-8-10-16(11-9-14)27-21(26)13-4-3-5-15(12-13)23-19(24)17-6-1-2-7-18(17)20(23)25/h3-5,8-12,17-18H,1-2,6-7H2/t17-,18-/m0/s1. The molecular formula is C21H18ClNO4. The first kappa shape index (κ1) is 17.7. The lowest BCUT2D eigenvalue weighted by Gasteiger charge is -2.19. The molecule has 2 atom stereocenters. The molecule has 1 aliphatic heterocycles. The van der Waals surface area contributed by atoms with Crippen molar-refractivity contribution in [2.24, 2.45) is 11.8 Å². The Morgan fingerprint density at radius 1 is 0.963 bits per heavy atom. The van der Waals surface area contributed by atoms with E-state index < -0.39 is 5.97 Å². The van der Waals surface area contributed by atoms with Gasteiger partial charge in [0.05, 0.1) is 23.1 Å². The van der Waals surface area contributed by atoms with Gasteiger partial charge in [-0.05, 0) is 55.3 Å². The van der Waals surface area contributed by atoms with Crippen molar-refractivity contribution in [3.63, 3.8) is 0 Å². The number of rotatable bonds is 3. The van der Waals surface area contributed by atoms with Crippen LogP contribution in [0.25, 0.3) is 0 Å². The molecule has 27 heavy (non-hydrogen) atoms. The Kier molecular flexibility index (Phi) is 4.70. The number of nitrogens with zero attached hydrogens (tertiary/aromatic N) is 1.